The van der Waals surface area contributed by atoms with E-state index in [0.717, 1.165) is 18.0 Å². The number of rotatable bonds is 4. The zero-order valence-corrected chi connectivity index (χ0v) is 11.5. The van der Waals surface area contributed by atoms with E-state index in [1.54, 1.807) is 12.4 Å². The van der Waals surface area contributed by atoms with Crippen molar-refractivity contribution in [3.05, 3.63) is 47.4 Å². The zero-order chi connectivity index (χ0) is 13.1. The van der Waals surface area contributed by atoms with E-state index in [1.807, 2.05) is 12.3 Å². The SMILES string of the molecule is Cc1c(CC(C)c2ncccn2)coc1C(C)C. The molecule has 0 bridgehead atoms. The normalized spacial score (nSPS) is 12.9. The first-order chi connectivity index (χ1) is 8.59. The highest BCUT2D eigenvalue weighted by molar-refractivity contribution is 5.29. The Morgan fingerprint density at radius 3 is 2.39 bits per heavy atom. The minimum Gasteiger partial charge on any atom is -0.469 e. The van der Waals surface area contributed by atoms with Gasteiger partial charge in [-0.25, -0.2) is 9.97 Å². The molecule has 0 fully saturated rings. The van der Waals surface area contributed by atoms with E-state index in [4.69, 9.17) is 4.42 Å². The van der Waals surface area contributed by atoms with E-state index in [-0.39, 0.29) is 0 Å². The van der Waals surface area contributed by atoms with Gasteiger partial charge in [0.1, 0.15) is 11.6 Å². The van der Waals surface area contributed by atoms with Crippen molar-refractivity contribution in [2.24, 2.45) is 0 Å². The maximum absolute atomic E-state index is 5.65. The fraction of sp³-hybridized carbons (Fsp3) is 0.467. The third kappa shape index (κ3) is 2.61. The van der Waals surface area contributed by atoms with Crippen LogP contribution in [0.4, 0.5) is 0 Å². The number of aromatic nitrogens is 2. The molecule has 96 valence electrons. The molecule has 3 nitrogen and oxygen atoms in total. The minimum atomic E-state index is 0.308. The topological polar surface area (TPSA) is 38.9 Å². The minimum absolute atomic E-state index is 0.308. The van der Waals surface area contributed by atoms with Crippen molar-refractivity contribution in [1.82, 2.24) is 9.97 Å². The summed E-state index contributed by atoms with van der Waals surface area (Å²) in [6, 6.07) is 1.84. The van der Waals surface area contributed by atoms with E-state index in [0.29, 0.717) is 11.8 Å². The number of furan rings is 1. The highest BCUT2D eigenvalue weighted by Crippen LogP contribution is 2.27. The fourth-order valence-electron chi connectivity index (χ4n) is 2.23. The maximum Gasteiger partial charge on any atom is 0.131 e. The second-order valence-corrected chi connectivity index (χ2v) is 5.12. The Morgan fingerprint density at radius 1 is 1.17 bits per heavy atom. The molecule has 0 amide bonds. The van der Waals surface area contributed by atoms with Crippen LogP contribution in [0.15, 0.2) is 29.1 Å². The van der Waals surface area contributed by atoms with Gasteiger partial charge in [0.25, 0.3) is 0 Å². The summed E-state index contributed by atoms with van der Waals surface area (Å²) in [6.07, 6.45) is 6.39. The smallest absolute Gasteiger partial charge is 0.131 e. The van der Waals surface area contributed by atoms with E-state index in [2.05, 4.69) is 37.7 Å². The molecule has 18 heavy (non-hydrogen) atoms. The Balaban J connectivity index is 2.15. The summed E-state index contributed by atoms with van der Waals surface area (Å²) in [5.41, 5.74) is 2.53. The molecule has 3 heteroatoms. The van der Waals surface area contributed by atoms with Crippen LogP contribution in [0.5, 0.6) is 0 Å². The monoisotopic (exact) mass is 244 g/mol. The number of hydrogen-bond donors (Lipinski definition) is 0. The van der Waals surface area contributed by atoms with Crippen LogP contribution >= 0.6 is 0 Å². The lowest BCUT2D eigenvalue weighted by molar-refractivity contribution is 0.482. The number of nitrogens with zero attached hydrogens (tertiary/aromatic N) is 2. The van der Waals surface area contributed by atoms with E-state index >= 15 is 0 Å². The van der Waals surface area contributed by atoms with E-state index in [9.17, 15) is 0 Å². The molecule has 1 atom stereocenters. The van der Waals surface area contributed by atoms with Gasteiger partial charge in [-0.2, -0.15) is 0 Å². The highest BCUT2D eigenvalue weighted by atomic mass is 16.3. The van der Waals surface area contributed by atoms with Gasteiger partial charge < -0.3 is 4.42 Å². The largest absolute Gasteiger partial charge is 0.469 e. The van der Waals surface area contributed by atoms with Gasteiger partial charge in [-0.05, 0) is 30.5 Å². The quantitative estimate of drug-likeness (QED) is 0.820. The second kappa shape index (κ2) is 5.34. The molecule has 0 N–H and O–H groups in total. The molecule has 1 unspecified atom stereocenters. The Kier molecular flexibility index (Phi) is 3.80. The van der Waals surface area contributed by atoms with Crippen LogP contribution in [-0.4, -0.2) is 9.97 Å². The van der Waals surface area contributed by atoms with Crippen molar-refractivity contribution < 1.29 is 4.42 Å². The van der Waals surface area contributed by atoms with Crippen molar-refractivity contribution in [1.29, 1.82) is 0 Å². The molecule has 0 saturated heterocycles. The van der Waals surface area contributed by atoms with Gasteiger partial charge in [0.05, 0.1) is 6.26 Å². The average molecular weight is 244 g/mol. The van der Waals surface area contributed by atoms with Crippen LogP contribution in [-0.2, 0) is 6.42 Å². The standard InChI is InChI=1S/C15H20N2O/c1-10(2)14-12(4)13(9-18-14)8-11(3)15-16-6-5-7-17-15/h5-7,9-11H,8H2,1-4H3. The van der Waals surface area contributed by atoms with Crippen LogP contribution < -0.4 is 0 Å². The molecule has 2 heterocycles. The van der Waals surface area contributed by atoms with Crippen molar-refractivity contribution in [2.45, 2.75) is 46.0 Å². The van der Waals surface area contributed by atoms with Crippen molar-refractivity contribution in [3.8, 4) is 0 Å². The van der Waals surface area contributed by atoms with Gasteiger partial charge in [-0.15, -0.1) is 0 Å². The van der Waals surface area contributed by atoms with Crippen LogP contribution in [0, 0.1) is 6.92 Å². The summed E-state index contributed by atoms with van der Waals surface area (Å²) < 4.78 is 5.65. The Morgan fingerprint density at radius 2 is 1.83 bits per heavy atom. The lowest BCUT2D eigenvalue weighted by Crippen LogP contribution is -2.03. The Hall–Kier alpha value is -1.64. The average Bonchev–Trinajstić information content (AvgIpc) is 2.72. The predicted octanol–water partition coefficient (Wildman–Crippen LogP) is 3.85. The molecular formula is C15H20N2O. The van der Waals surface area contributed by atoms with E-state index < -0.39 is 0 Å². The molecule has 0 radical (unpaired) electrons. The van der Waals surface area contributed by atoms with Gasteiger partial charge in [0.15, 0.2) is 0 Å². The maximum atomic E-state index is 5.65. The first kappa shape index (κ1) is 12.8. The summed E-state index contributed by atoms with van der Waals surface area (Å²) in [4.78, 5) is 8.61. The third-order valence-electron chi connectivity index (χ3n) is 3.26. The van der Waals surface area contributed by atoms with Gasteiger partial charge in [0.2, 0.25) is 0 Å². The summed E-state index contributed by atoms with van der Waals surface area (Å²) in [6.45, 7) is 8.59. The molecule has 2 aromatic rings. The Labute approximate surface area is 108 Å². The second-order valence-electron chi connectivity index (χ2n) is 5.12. The molecule has 0 aliphatic rings. The molecule has 0 aliphatic carbocycles. The van der Waals surface area contributed by atoms with Gasteiger partial charge in [0, 0.05) is 24.2 Å². The first-order valence-corrected chi connectivity index (χ1v) is 6.43. The lowest BCUT2D eigenvalue weighted by atomic mass is 9.97. The molecule has 0 aromatic carbocycles. The Bertz CT molecular complexity index is 502. The van der Waals surface area contributed by atoms with Crippen LogP contribution in [0.2, 0.25) is 0 Å². The third-order valence-corrected chi connectivity index (χ3v) is 3.26. The van der Waals surface area contributed by atoms with Gasteiger partial charge >= 0.3 is 0 Å². The lowest BCUT2D eigenvalue weighted by Gasteiger charge is -2.09. The summed E-state index contributed by atoms with van der Waals surface area (Å²) in [5, 5.41) is 0. The molecule has 2 rings (SSSR count). The van der Waals surface area contributed by atoms with E-state index in [1.165, 1.54) is 11.1 Å². The molecule has 0 aliphatic heterocycles. The molecule has 2 aromatic heterocycles. The summed E-state index contributed by atoms with van der Waals surface area (Å²) >= 11 is 0. The van der Waals surface area contributed by atoms with Crippen LogP contribution in [0.1, 0.15) is 55.3 Å². The summed E-state index contributed by atoms with van der Waals surface area (Å²) in [5.74, 6) is 2.72. The van der Waals surface area contributed by atoms with Gasteiger partial charge in [-0.3, -0.25) is 0 Å². The first-order valence-electron chi connectivity index (χ1n) is 6.43. The zero-order valence-electron chi connectivity index (χ0n) is 11.5. The van der Waals surface area contributed by atoms with Crippen LogP contribution in [0.25, 0.3) is 0 Å². The summed E-state index contributed by atoms with van der Waals surface area (Å²) in [7, 11) is 0. The molecule has 0 spiro atoms. The van der Waals surface area contributed by atoms with Crippen LogP contribution in [0.3, 0.4) is 0 Å². The number of hydrogen-bond acceptors (Lipinski definition) is 3. The predicted molar refractivity (Wildman–Crippen MR) is 71.7 cm³/mol. The fourth-order valence-corrected chi connectivity index (χ4v) is 2.23. The molecular weight excluding hydrogens is 224 g/mol. The molecule has 0 saturated carbocycles. The highest BCUT2D eigenvalue weighted by Gasteiger charge is 2.16. The van der Waals surface area contributed by atoms with Crippen molar-refractivity contribution in [3.63, 3.8) is 0 Å². The van der Waals surface area contributed by atoms with Crippen molar-refractivity contribution >= 4 is 0 Å². The van der Waals surface area contributed by atoms with Crippen molar-refractivity contribution in [2.75, 3.05) is 0 Å². The van der Waals surface area contributed by atoms with Gasteiger partial charge in [-0.1, -0.05) is 20.8 Å².